The predicted octanol–water partition coefficient (Wildman–Crippen LogP) is 6.42. The van der Waals surface area contributed by atoms with Crippen molar-refractivity contribution >= 4 is 51.5 Å². The second kappa shape index (κ2) is 11.8. The number of carbonyl (C=O) groups is 3. The molecule has 0 aliphatic rings. The van der Waals surface area contributed by atoms with Gasteiger partial charge < -0.3 is 14.8 Å². The third-order valence-electron chi connectivity index (χ3n) is 6.53. The Morgan fingerprint density at radius 3 is 2.28 bits per heavy atom. The molecule has 2 amide bonds. The Bertz CT molecular complexity index is 1870. The molecule has 2 aromatic heterocycles. The third kappa shape index (κ3) is 6.24. The van der Waals surface area contributed by atoms with E-state index in [1.54, 1.807) is 70.3 Å². The average Bonchev–Trinajstić information content (AvgIpc) is 3.34. The van der Waals surface area contributed by atoms with E-state index in [0.29, 0.717) is 44.7 Å². The minimum absolute atomic E-state index is 0.147. The highest BCUT2D eigenvalue weighted by Gasteiger charge is 2.26. The third-order valence-corrected chi connectivity index (χ3v) is 6.53. The maximum absolute atomic E-state index is 13.6. The molecule has 0 aliphatic heterocycles. The molecule has 3 aromatic carbocycles. The number of hydrogen-bond acceptors (Lipinski definition) is 7. The zero-order valence-electron chi connectivity index (χ0n) is 24.0. The van der Waals surface area contributed by atoms with Crippen LogP contribution in [0.25, 0.3) is 39.1 Å². The van der Waals surface area contributed by atoms with Crippen molar-refractivity contribution in [3.05, 3.63) is 96.2 Å². The van der Waals surface area contributed by atoms with Crippen molar-refractivity contribution in [2.45, 2.75) is 26.4 Å². The van der Waals surface area contributed by atoms with Gasteiger partial charge in [-0.1, -0.05) is 30.3 Å². The van der Waals surface area contributed by atoms with Crippen LogP contribution < -0.4 is 15.5 Å². The van der Waals surface area contributed by atoms with Crippen LogP contribution in [0.2, 0.25) is 0 Å². The lowest BCUT2D eigenvalue weighted by Gasteiger charge is -2.20. The van der Waals surface area contributed by atoms with Gasteiger partial charge in [0.25, 0.3) is 11.8 Å². The van der Waals surface area contributed by atoms with Crippen molar-refractivity contribution in [1.82, 2.24) is 15.0 Å². The van der Waals surface area contributed by atoms with Gasteiger partial charge in [0.15, 0.2) is 0 Å². The van der Waals surface area contributed by atoms with Crippen molar-refractivity contribution in [3.8, 4) is 17.0 Å². The summed E-state index contributed by atoms with van der Waals surface area (Å²) < 4.78 is 12.6. The molecule has 0 atom stereocenters. The number of hydroxylamine groups is 1. The summed E-state index contributed by atoms with van der Waals surface area (Å²) in [5.41, 5.74) is 4.39. The van der Waals surface area contributed by atoms with Gasteiger partial charge in [-0.3, -0.25) is 14.8 Å². The van der Waals surface area contributed by atoms with Gasteiger partial charge in [0, 0.05) is 28.1 Å². The molecule has 0 fully saturated rings. The fourth-order valence-electron chi connectivity index (χ4n) is 4.63. The molecule has 218 valence electrons. The number of nitrogens with one attached hydrogen (secondary N) is 2. The van der Waals surface area contributed by atoms with Gasteiger partial charge in [0.2, 0.25) is 0 Å². The van der Waals surface area contributed by atoms with Crippen molar-refractivity contribution in [2.75, 3.05) is 12.4 Å². The van der Waals surface area contributed by atoms with E-state index < -0.39 is 23.5 Å². The molecule has 10 heteroatoms. The fourth-order valence-corrected chi connectivity index (χ4v) is 4.63. The number of aromatic nitrogens is 2. The number of benzene rings is 3. The zero-order chi connectivity index (χ0) is 30.7. The number of fused-ring (bicyclic) bond motifs is 3. The predicted molar refractivity (Wildman–Crippen MR) is 164 cm³/mol. The lowest BCUT2D eigenvalue weighted by Crippen LogP contribution is -2.27. The van der Waals surface area contributed by atoms with Crippen LogP contribution in [0.1, 0.15) is 36.8 Å². The standard InChI is InChI=1S/C33H30N4O6/c1-33(2,3)43-32(40)37-27-8-6-5-7-24(27)25-19-26(35-29(30(25)37)21-12-16-23(42-4)17-13-21)31(39)34-22-14-9-20(10-15-22)11-18-28(38)36-41/h5-19,41H,1-4H3,(H,34,39)(H,36,38)/b18-11+. The molecule has 0 saturated carbocycles. The number of amides is 2. The zero-order valence-corrected chi connectivity index (χ0v) is 24.0. The second-order valence-corrected chi connectivity index (χ2v) is 10.7. The summed E-state index contributed by atoms with van der Waals surface area (Å²) in [7, 11) is 1.57. The Labute approximate surface area is 247 Å². The molecule has 43 heavy (non-hydrogen) atoms. The summed E-state index contributed by atoms with van der Waals surface area (Å²) in [6, 6.07) is 23.1. The van der Waals surface area contributed by atoms with Crippen LogP contribution in [0.3, 0.4) is 0 Å². The molecule has 0 aliphatic carbocycles. The van der Waals surface area contributed by atoms with Gasteiger partial charge >= 0.3 is 6.09 Å². The van der Waals surface area contributed by atoms with Crippen LogP contribution in [0.15, 0.2) is 84.9 Å². The first kappa shape index (κ1) is 29.0. The smallest absolute Gasteiger partial charge is 0.419 e. The first-order valence-corrected chi connectivity index (χ1v) is 13.4. The molecule has 3 N–H and O–H groups in total. The molecular weight excluding hydrogens is 548 g/mol. The van der Waals surface area contributed by atoms with Gasteiger partial charge in [0.05, 0.1) is 23.8 Å². The van der Waals surface area contributed by atoms with Crippen LogP contribution in [0.4, 0.5) is 10.5 Å². The van der Waals surface area contributed by atoms with E-state index in [1.165, 1.54) is 22.2 Å². The lowest BCUT2D eigenvalue weighted by molar-refractivity contribution is -0.124. The van der Waals surface area contributed by atoms with Crippen LogP contribution in [0.5, 0.6) is 5.75 Å². The van der Waals surface area contributed by atoms with Crippen LogP contribution in [0, 0.1) is 0 Å². The normalized spacial score (nSPS) is 11.6. The molecule has 0 bridgehead atoms. The first-order valence-electron chi connectivity index (χ1n) is 13.4. The number of methoxy groups -OCH3 is 1. The van der Waals surface area contributed by atoms with Gasteiger partial charge in [-0.25, -0.2) is 19.8 Å². The van der Waals surface area contributed by atoms with Crippen LogP contribution in [-0.4, -0.2) is 45.4 Å². The minimum Gasteiger partial charge on any atom is -0.497 e. The Kier molecular flexibility index (Phi) is 7.96. The quantitative estimate of drug-likeness (QED) is 0.120. The Morgan fingerprint density at radius 2 is 1.63 bits per heavy atom. The number of nitrogens with zero attached hydrogens (tertiary/aromatic N) is 2. The maximum Gasteiger partial charge on any atom is 0.419 e. The van der Waals surface area contributed by atoms with E-state index in [9.17, 15) is 14.4 Å². The van der Waals surface area contributed by atoms with E-state index in [4.69, 9.17) is 19.7 Å². The molecule has 5 rings (SSSR count). The van der Waals surface area contributed by atoms with Crippen molar-refractivity contribution in [2.24, 2.45) is 0 Å². The second-order valence-electron chi connectivity index (χ2n) is 10.7. The van der Waals surface area contributed by atoms with E-state index in [0.717, 1.165) is 5.39 Å². The Hall–Kier alpha value is -5.48. The summed E-state index contributed by atoms with van der Waals surface area (Å²) in [6.45, 7) is 5.41. The summed E-state index contributed by atoms with van der Waals surface area (Å²) in [5.74, 6) is -0.454. The minimum atomic E-state index is -0.737. The Balaban J connectivity index is 1.63. The summed E-state index contributed by atoms with van der Waals surface area (Å²) in [5, 5.41) is 12.9. The van der Waals surface area contributed by atoms with Crippen LogP contribution in [-0.2, 0) is 9.53 Å². The number of anilines is 1. The van der Waals surface area contributed by atoms with E-state index in [-0.39, 0.29) is 5.69 Å². The molecule has 2 heterocycles. The van der Waals surface area contributed by atoms with Gasteiger partial charge in [0.1, 0.15) is 17.0 Å². The SMILES string of the molecule is COc1ccc(-c2nc(C(=O)Nc3ccc(/C=C/C(=O)NO)cc3)cc3c4ccccc4n(C(=O)OC(C)(C)C)c23)cc1. The molecule has 0 spiro atoms. The van der Waals surface area contributed by atoms with Crippen LogP contribution >= 0.6 is 0 Å². The average molecular weight is 579 g/mol. The topological polar surface area (TPSA) is 132 Å². The van der Waals surface area contributed by atoms with E-state index >= 15 is 0 Å². The fraction of sp³-hybridized carbons (Fsp3) is 0.152. The van der Waals surface area contributed by atoms with Crippen molar-refractivity contribution < 1.29 is 29.1 Å². The molecule has 0 saturated heterocycles. The van der Waals surface area contributed by atoms with Gasteiger partial charge in [-0.05, 0) is 80.9 Å². The maximum atomic E-state index is 13.6. The molecule has 0 radical (unpaired) electrons. The number of pyridine rings is 1. The highest BCUT2D eigenvalue weighted by Crippen LogP contribution is 2.36. The summed E-state index contributed by atoms with van der Waals surface area (Å²) >= 11 is 0. The molecule has 0 unspecified atom stereocenters. The summed E-state index contributed by atoms with van der Waals surface area (Å²) in [4.78, 5) is 43.2. The first-order chi connectivity index (χ1) is 20.6. The number of para-hydroxylation sites is 1. The van der Waals surface area contributed by atoms with Crippen molar-refractivity contribution in [3.63, 3.8) is 0 Å². The van der Waals surface area contributed by atoms with Gasteiger partial charge in [-0.15, -0.1) is 0 Å². The molecule has 10 nitrogen and oxygen atoms in total. The van der Waals surface area contributed by atoms with Gasteiger partial charge in [-0.2, -0.15) is 0 Å². The Morgan fingerprint density at radius 1 is 0.930 bits per heavy atom. The van der Waals surface area contributed by atoms with E-state index in [2.05, 4.69) is 5.32 Å². The molecule has 5 aromatic rings. The van der Waals surface area contributed by atoms with Crippen molar-refractivity contribution in [1.29, 1.82) is 0 Å². The highest BCUT2D eigenvalue weighted by atomic mass is 16.6. The largest absolute Gasteiger partial charge is 0.497 e. The number of rotatable bonds is 6. The number of carbonyl (C=O) groups excluding carboxylic acids is 3. The number of ether oxygens (including phenoxy) is 2. The summed E-state index contributed by atoms with van der Waals surface area (Å²) in [6.07, 6.45) is 2.15. The van der Waals surface area contributed by atoms with E-state index in [1.807, 2.05) is 36.4 Å². The monoisotopic (exact) mass is 578 g/mol. The highest BCUT2D eigenvalue weighted by molar-refractivity contribution is 6.18. The molecular formula is C33H30N4O6. The lowest BCUT2D eigenvalue weighted by atomic mass is 10.1. The number of hydrogen-bond donors (Lipinski definition) is 3.